The summed E-state index contributed by atoms with van der Waals surface area (Å²) < 4.78 is 2.40. The van der Waals surface area contributed by atoms with Crippen molar-refractivity contribution < 1.29 is 4.79 Å². The van der Waals surface area contributed by atoms with Crippen LogP contribution in [-0.4, -0.2) is 38.7 Å². The van der Waals surface area contributed by atoms with E-state index in [2.05, 4.69) is 17.1 Å². The lowest BCUT2D eigenvalue weighted by Crippen LogP contribution is -2.34. The van der Waals surface area contributed by atoms with Crippen LogP contribution in [0.2, 0.25) is 0 Å². The highest BCUT2D eigenvalue weighted by Crippen LogP contribution is 2.17. The summed E-state index contributed by atoms with van der Waals surface area (Å²) in [4.78, 5) is 14.3. The normalized spacial score (nSPS) is 17.1. The maximum Gasteiger partial charge on any atom is 0.245 e. The zero-order chi connectivity index (χ0) is 13.1. The molecule has 0 radical (unpaired) electrons. The molecule has 18 heavy (non-hydrogen) atoms. The van der Waals surface area contributed by atoms with E-state index in [0.29, 0.717) is 4.77 Å². The largest absolute Gasteiger partial charge is 0.341 e. The Morgan fingerprint density at radius 2 is 2.17 bits per heavy atom. The summed E-state index contributed by atoms with van der Waals surface area (Å²) in [6.07, 6.45) is 4.04. The number of aromatic nitrogens is 3. The Labute approximate surface area is 112 Å². The third-order valence-electron chi connectivity index (χ3n) is 3.41. The molecule has 1 aliphatic rings. The van der Waals surface area contributed by atoms with Crippen LogP contribution in [-0.2, 0) is 11.2 Å². The van der Waals surface area contributed by atoms with Crippen molar-refractivity contribution in [2.45, 2.75) is 45.6 Å². The summed E-state index contributed by atoms with van der Waals surface area (Å²) in [7, 11) is 0. The van der Waals surface area contributed by atoms with Crippen molar-refractivity contribution in [3.8, 4) is 0 Å². The highest BCUT2D eigenvalue weighted by atomic mass is 32.1. The van der Waals surface area contributed by atoms with Crippen molar-refractivity contribution in [3.63, 3.8) is 0 Å². The van der Waals surface area contributed by atoms with E-state index >= 15 is 0 Å². The van der Waals surface area contributed by atoms with Crippen molar-refractivity contribution >= 4 is 18.1 Å². The number of carbonyl (C=O) groups is 1. The number of hydrogen-bond acceptors (Lipinski definition) is 3. The summed E-state index contributed by atoms with van der Waals surface area (Å²) >= 11 is 5.23. The number of rotatable bonds is 4. The molecule has 1 amide bonds. The van der Waals surface area contributed by atoms with Gasteiger partial charge in [0, 0.05) is 19.5 Å². The van der Waals surface area contributed by atoms with Gasteiger partial charge in [-0.25, -0.2) is 0 Å². The standard InChI is InChI=1S/C12H20N4OS/c1-3-6-10-13-14-12(18)16(10)9(2)11(17)15-7-4-5-8-15/h9H,3-8H2,1-2H3,(H,14,18). The molecule has 1 aliphatic heterocycles. The fourth-order valence-electron chi connectivity index (χ4n) is 2.45. The van der Waals surface area contributed by atoms with Crippen molar-refractivity contribution in [1.29, 1.82) is 0 Å². The Kier molecular flexibility index (Phi) is 4.16. The zero-order valence-corrected chi connectivity index (χ0v) is 11.8. The van der Waals surface area contributed by atoms with Gasteiger partial charge in [0.1, 0.15) is 11.9 Å². The van der Waals surface area contributed by atoms with Crippen molar-refractivity contribution in [2.75, 3.05) is 13.1 Å². The second kappa shape index (κ2) is 5.65. The third-order valence-corrected chi connectivity index (χ3v) is 3.70. The van der Waals surface area contributed by atoms with Gasteiger partial charge >= 0.3 is 0 Å². The summed E-state index contributed by atoms with van der Waals surface area (Å²) in [5, 5.41) is 7.00. The smallest absolute Gasteiger partial charge is 0.245 e. The fraction of sp³-hybridized carbons (Fsp3) is 0.750. The lowest BCUT2D eigenvalue weighted by atomic mass is 10.2. The van der Waals surface area contributed by atoms with Gasteiger partial charge in [-0.2, -0.15) is 5.10 Å². The Morgan fingerprint density at radius 1 is 1.50 bits per heavy atom. The van der Waals surface area contributed by atoms with Crippen molar-refractivity contribution in [2.24, 2.45) is 0 Å². The Balaban J connectivity index is 2.21. The molecular weight excluding hydrogens is 248 g/mol. The number of carbonyl (C=O) groups excluding carboxylic acids is 1. The van der Waals surface area contributed by atoms with Crippen LogP contribution >= 0.6 is 12.2 Å². The van der Waals surface area contributed by atoms with Gasteiger partial charge in [-0.1, -0.05) is 6.92 Å². The third kappa shape index (κ3) is 2.48. The van der Waals surface area contributed by atoms with Crippen LogP contribution < -0.4 is 0 Å². The molecule has 1 atom stereocenters. The van der Waals surface area contributed by atoms with Crippen LogP contribution in [0, 0.1) is 4.77 Å². The average molecular weight is 268 g/mol. The molecule has 5 nitrogen and oxygen atoms in total. The van der Waals surface area contributed by atoms with Crippen LogP contribution in [0.15, 0.2) is 0 Å². The van der Waals surface area contributed by atoms with E-state index in [9.17, 15) is 4.79 Å². The number of nitrogens with one attached hydrogen (secondary N) is 1. The van der Waals surface area contributed by atoms with Gasteiger partial charge in [0.05, 0.1) is 0 Å². The average Bonchev–Trinajstić information content (AvgIpc) is 2.98. The molecule has 0 aromatic carbocycles. The van der Waals surface area contributed by atoms with Gasteiger partial charge in [-0.15, -0.1) is 0 Å². The van der Waals surface area contributed by atoms with Gasteiger partial charge in [0.25, 0.3) is 0 Å². The van der Waals surface area contributed by atoms with Crippen LogP contribution in [0.1, 0.15) is 45.0 Å². The molecule has 0 bridgehead atoms. The molecule has 1 unspecified atom stereocenters. The van der Waals surface area contributed by atoms with Crippen LogP contribution in [0.3, 0.4) is 0 Å². The molecule has 2 rings (SSSR count). The molecule has 100 valence electrons. The van der Waals surface area contributed by atoms with Gasteiger partial charge in [-0.05, 0) is 38.4 Å². The summed E-state index contributed by atoms with van der Waals surface area (Å²) in [6.45, 7) is 5.75. The van der Waals surface area contributed by atoms with E-state index in [4.69, 9.17) is 12.2 Å². The topological polar surface area (TPSA) is 53.9 Å². The quantitative estimate of drug-likeness (QED) is 0.851. The second-order valence-corrected chi connectivity index (χ2v) is 5.16. The van der Waals surface area contributed by atoms with E-state index in [1.807, 2.05) is 16.4 Å². The molecule has 1 N–H and O–H groups in total. The van der Waals surface area contributed by atoms with Crippen LogP contribution in [0.4, 0.5) is 0 Å². The molecule has 1 aromatic heterocycles. The van der Waals surface area contributed by atoms with Crippen LogP contribution in [0.5, 0.6) is 0 Å². The Bertz CT molecular complexity index is 473. The van der Waals surface area contributed by atoms with Gasteiger partial charge in [0.15, 0.2) is 4.77 Å². The Morgan fingerprint density at radius 3 is 2.78 bits per heavy atom. The number of amides is 1. The van der Waals surface area contributed by atoms with Crippen LogP contribution in [0.25, 0.3) is 0 Å². The number of aromatic amines is 1. The molecule has 1 saturated heterocycles. The lowest BCUT2D eigenvalue weighted by molar-refractivity contribution is -0.133. The highest BCUT2D eigenvalue weighted by molar-refractivity contribution is 7.71. The van der Waals surface area contributed by atoms with Crippen molar-refractivity contribution in [1.82, 2.24) is 19.7 Å². The Hall–Kier alpha value is -1.17. The predicted octanol–water partition coefficient (Wildman–Crippen LogP) is 2.08. The summed E-state index contributed by atoms with van der Waals surface area (Å²) in [5.74, 6) is 1.03. The first kappa shape index (κ1) is 13.3. The van der Waals surface area contributed by atoms with Gasteiger partial charge < -0.3 is 4.90 Å². The molecule has 1 aromatic rings. The van der Waals surface area contributed by atoms with Gasteiger partial charge in [-0.3, -0.25) is 14.5 Å². The monoisotopic (exact) mass is 268 g/mol. The van der Waals surface area contributed by atoms with E-state index in [-0.39, 0.29) is 11.9 Å². The number of H-pyrrole nitrogens is 1. The first-order chi connectivity index (χ1) is 8.65. The first-order valence-electron chi connectivity index (χ1n) is 6.59. The molecule has 6 heteroatoms. The van der Waals surface area contributed by atoms with Gasteiger partial charge in [0.2, 0.25) is 5.91 Å². The zero-order valence-electron chi connectivity index (χ0n) is 11.0. The van der Waals surface area contributed by atoms with E-state index in [1.165, 1.54) is 0 Å². The van der Waals surface area contributed by atoms with E-state index < -0.39 is 0 Å². The predicted molar refractivity (Wildman–Crippen MR) is 71.9 cm³/mol. The second-order valence-electron chi connectivity index (χ2n) is 4.77. The fourth-order valence-corrected chi connectivity index (χ4v) is 2.76. The number of aryl methyl sites for hydroxylation is 1. The summed E-state index contributed by atoms with van der Waals surface area (Å²) in [5.41, 5.74) is 0. The maximum absolute atomic E-state index is 12.4. The summed E-state index contributed by atoms with van der Waals surface area (Å²) in [6, 6.07) is -0.254. The minimum Gasteiger partial charge on any atom is -0.341 e. The molecule has 0 aliphatic carbocycles. The highest BCUT2D eigenvalue weighted by Gasteiger charge is 2.26. The first-order valence-corrected chi connectivity index (χ1v) is 7.00. The SMILES string of the molecule is CCCc1n[nH]c(=S)n1C(C)C(=O)N1CCCC1. The van der Waals surface area contributed by atoms with E-state index in [1.54, 1.807) is 0 Å². The molecule has 0 saturated carbocycles. The number of hydrogen-bond donors (Lipinski definition) is 1. The minimum atomic E-state index is -0.254. The molecule has 1 fully saturated rings. The van der Waals surface area contributed by atoms with Crippen molar-refractivity contribution in [3.05, 3.63) is 10.6 Å². The molecule has 0 spiro atoms. The maximum atomic E-state index is 12.4. The minimum absolute atomic E-state index is 0.155. The van der Waals surface area contributed by atoms with E-state index in [0.717, 1.165) is 44.6 Å². The molecule has 2 heterocycles. The number of nitrogens with zero attached hydrogens (tertiary/aromatic N) is 3. The molecular formula is C12H20N4OS. The number of likely N-dealkylation sites (tertiary alicyclic amines) is 1. The lowest BCUT2D eigenvalue weighted by Gasteiger charge is -2.22.